The third kappa shape index (κ3) is 5.44. The summed E-state index contributed by atoms with van der Waals surface area (Å²) in [5.74, 6) is 0.330. The van der Waals surface area contributed by atoms with Crippen LogP contribution < -0.4 is 14.4 Å². The van der Waals surface area contributed by atoms with Crippen LogP contribution in [0.4, 0.5) is 5.69 Å². The second-order valence-corrected chi connectivity index (χ2v) is 10.2. The Hall–Kier alpha value is -2.54. The van der Waals surface area contributed by atoms with Gasteiger partial charge in [0.05, 0.1) is 25.1 Å². The quantitative estimate of drug-likeness (QED) is 0.605. The number of ether oxygens (including phenoxy) is 1. The Bertz CT molecular complexity index is 1030. The number of benzene rings is 2. The van der Waals surface area contributed by atoms with Gasteiger partial charge in [0.2, 0.25) is 15.9 Å². The molecule has 1 amide bonds. The summed E-state index contributed by atoms with van der Waals surface area (Å²) in [6, 6.07) is 12.2. The minimum atomic E-state index is -3.68. The Morgan fingerprint density at radius 3 is 2.25 bits per heavy atom. The number of nitrogens with zero attached hydrogens (tertiary/aromatic N) is 1. The number of carbonyl (C=O) groups excluding carboxylic acids is 1. The van der Waals surface area contributed by atoms with Crippen LogP contribution in [0.25, 0.3) is 0 Å². The molecule has 0 saturated heterocycles. The molecule has 0 aromatic heterocycles. The zero-order valence-electron chi connectivity index (χ0n) is 19.4. The highest BCUT2D eigenvalue weighted by molar-refractivity contribution is 7.92. The fourth-order valence-electron chi connectivity index (χ4n) is 4.45. The summed E-state index contributed by atoms with van der Waals surface area (Å²) in [5.41, 5.74) is 4.28. The number of fused-ring (bicyclic) bond motifs is 1. The Balaban J connectivity index is 1.86. The second kappa shape index (κ2) is 10.4. The average molecular weight is 459 g/mol. The van der Waals surface area contributed by atoms with Crippen LogP contribution in [-0.4, -0.2) is 33.7 Å². The van der Waals surface area contributed by atoms with Crippen LogP contribution in [0.3, 0.4) is 0 Å². The number of carbonyl (C=O) groups is 1. The number of nitrogens with one attached hydrogen (secondary N) is 1. The van der Waals surface area contributed by atoms with Gasteiger partial charge < -0.3 is 10.1 Å². The molecule has 0 saturated carbocycles. The second-order valence-electron chi connectivity index (χ2n) is 8.39. The molecule has 0 spiro atoms. The van der Waals surface area contributed by atoms with Gasteiger partial charge in [-0.1, -0.05) is 32.0 Å². The summed E-state index contributed by atoms with van der Waals surface area (Å²) < 4.78 is 31.8. The summed E-state index contributed by atoms with van der Waals surface area (Å²) >= 11 is 0. The topological polar surface area (TPSA) is 75.7 Å². The Morgan fingerprint density at radius 2 is 1.69 bits per heavy atom. The lowest BCUT2D eigenvalue weighted by Gasteiger charge is -2.31. The van der Waals surface area contributed by atoms with Crippen molar-refractivity contribution in [2.75, 3.05) is 17.7 Å². The standard InChI is InChI=1S/C25H34N2O4S/c1-5-23(20-12-11-18-9-7-8-10-19(18)17-20)26-25(28)24(6-2)27(32(4,29)30)21-13-15-22(31-3)16-14-21/h11-17,23-24H,5-10H2,1-4H3,(H,26,28)/t23-,24+/m1/s1. The van der Waals surface area contributed by atoms with Crippen molar-refractivity contribution in [3.63, 3.8) is 0 Å². The van der Waals surface area contributed by atoms with Crippen molar-refractivity contribution in [2.24, 2.45) is 0 Å². The van der Waals surface area contributed by atoms with Crippen LogP contribution >= 0.6 is 0 Å². The number of methoxy groups -OCH3 is 1. The van der Waals surface area contributed by atoms with Crippen molar-refractivity contribution in [1.82, 2.24) is 5.32 Å². The molecule has 1 aliphatic carbocycles. The molecular weight excluding hydrogens is 424 g/mol. The van der Waals surface area contributed by atoms with Gasteiger partial charge in [-0.15, -0.1) is 0 Å². The largest absolute Gasteiger partial charge is 0.497 e. The Morgan fingerprint density at radius 1 is 1.03 bits per heavy atom. The molecule has 32 heavy (non-hydrogen) atoms. The third-order valence-electron chi connectivity index (χ3n) is 6.16. The highest BCUT2D eigenvalue weighted by Crippen LogP contribution is 2.28. The van der Waals surface area contributed by atoms with Crippen LogP contribution in [0.2, 0.25) is 0 Å². The molecule has 2 aromatic carbocycles. The highest BCUT2D eigenvalue weighted by Gasteiger charge is 2.32. The maximum absolute atomic E-state index is 13.3. The van der Waals surface area contributed by atoms with E-state index >= 15 is 0 Å². The summed E-state index contributed by atoms with van der Waals surface area (Å²) in [5, 5.41) is 3.12. The number of anilines is 1. The monoisotopic (exact) mass is 458 g/mol. The lowest BCUT2D eigenvalue weighted by molar-refractivity contribution is -0.123. The van der Waals surface area contributed by atoms with Crippen molar-refractivity contribution in [2.45, 2.75) is 64.5 Å². The molecular formula is C25H34N2O4S. The number of aryl methyl sites for hydroxylation is 2. The van der Waals surface area contributed by atoms with E-state index in [9.17, 15) is 13.2 Å². The van der Waals surface area contributed by atoms with Crippen molar-refractivity contribution < 1.29 is 17.9 Å². The van der Waals surface area contributed by atoms with E-state index in [1.54, 1.807) is 31.4 Å². The van der Waals surface area contributed by atoms with Gasteiger partial charge in [-0.25, -0.2) is 8.42 Å². The molecule has 0 radical (unpaired) electrons. The number of amides is 1. The van der Waals surface area contributed by atoms with Gasteiger partial charge in [-0.05, 0) is 79.5 Å². The zero-order chi connectivity index (χ0) is 23.3. The molecule has 7 heteroatoms. The smallest absolute Gasteiger partial charge is 0.244 e. The van der Waals surface area contributed by atoms with Crippen molar-refractivity contribution in [3.05, 3.63) is 59.2 Å². The number of rotatable bonds is 9. The molecule has 0 aliphatic heterocycles. The zero-order valence-corrected chi connectivity index (χ0v) is 20.2. The predicted octanol–water partition coefficient (Wildman–Crippen LogP) is 4.39. The van der Waals surface area contributed by atoms with E-state index in [0.29, 0.717) is 17.9 Å². The van der Waals surface area contributed by atoms with Gasteiger partial charge in [0.25, 0.3) is 0 Å². The lowest BCUT2D eigenvalue weighted by atomic mass is 9.88. The van der Waals surface area contributed by atoms with Crippen LogP contribution in [0.5, 0.6) is 5.75 Å². The molecule has 0 heterocycles. The molecule has 174 valence electrons. The van der Waals surface area contributed by atoms with Crippen molar-refractivity contribution in [1.29, 1.82) is 0 Å². The summed E-state index contributed by atoms with van der Waals surface area (Å²) in [7, 11) is -2.13. The molecule has 1 aliphatic rings. The van der Waals surface area contributed by atoms with Gasteiger partial charge in [0, 0.05) is 0 Å². The predicted molar refractivity (Wildman–Crippen MR) is 129 cm³/mol. The van der Waals surface area contributed by atoms with Crippen molar-refractivity contribution in [3.8, 4) is 5.75 Å². The molecule has 3 rings (SSSR count). The Kier molecular flexibility index (Phi) is 7.82. The minimum Gasteiger partial charge on any atom is -0.497 e. The number of hydrogen-bond donors (Lipinski definition) is 1. The first-order valence-electron chi connectivity index (χ1n) is 11.3. The SMILES string of the molecule is CC[C@@H](NC(=O)[C@H](CC)N(c1ccc(OC)cc1)S(C)(=O)=O)c1ccc2c(c1)CCCC2. The van der Waals surface area contributed by atoms with E-state index in [4.69, 9.17) is 4.74 Å². The molecule has 0 unspecified atom stereocenters. The van der Waals surface area contributed by atoms with Gasteiger partial charge >= 0.3 is 0 Å². The number of sulfonamides is 1. The molecule has 1 N–H and O–H groups in total. The van der Waals surface area contributed by atoms with Gasteiger partial charge in [0.1, 0.15) is 11.8 Å². The first-order chi connectivity index (χ1) is 15.3. The van der Waals surface area contributed by atoms with Crippen molar-refractivity contribution >= 4 is 21.6 Å². The number of hydrogen-bond acceptors (Lipinski definition) is 4. The fourth-order valence-corrected chi connectivity index (χ4v) is 5.66. The first-order valence-corrected chi connectivity index (χ1v) is 13.2. The summed E-state index contributed by atoms with van der Waals surface area (Å²) in [4.78, 5) is 13.3. The minimum absolute atomic E-state index is 0.166. The van der Waals surface area contributed by atoms with E-state index in [1.807, 2.05) is 13.8 Å². The summed E-state index contributed by atoms with van der Waals surface area (Å²) in [6.45, 7) is 3.86. The summed E-state index contributed by atoms with van der Waals surface area (Å²) in [6.07, 6.45) is 6.82. The fraction of sp³-hybridized carbons (Fsp3) is 0.480. The maximum atomic E-state index is 13.3. The third-order valence-corrected chi connectivity index (χ3v) is 7.34. The lowest BCUT2D eigenvalue weighted by Crippen LogP contribution is -2.50. The van der Waals surface area contributed by atoms with Gasteiger partial charge in [0.15, 0.2) is 0 Å². The van der Waals surface area contributed by atoms with E-state index < -0.39 is 16.1 Å². The average Bonchev–Trinajstić information content (AvgIpc) is 2.79. The molecule has 2 aromatic rings. The van der Waals surface area contributed by atoms with E-state index in [1.165, 1.54) is 28.3 Å². The maximum Gasteiger partial charge on any atom is 0.244 e. The first kappa shape index (κ1) is 24.1. The van der Waals surface area contributed by atoms with E-state index in [0.717, 1.165) is 31.1 Å². The van der Waals surface area contributed by atoms with E-state index in [2.05, 4.69) is 23.5 Å². The molecule has 0 bridgehead atoms. The molecule has 6 nitrogen and oxygen atoms in total. The van der Waals surface area contributed by atoms with E-state index in [-0.39, 0.29) is 11.9 Å². The Labute approximate surface area is 192 Å². The van der Waals surface area contributed by atoms with Crippen LogP contribution in [0, 0.1) is 0 Å². The van der Waals surface area contributed by atoms with Crippen LogP contribution in [0.1, 0.15) is 62.3 Å². The highest BCUT2D eigenvalue weighted by atomic mass is 32.2. The van der Waals surface area contributed by atoms with Gasteiger partial charge in [-0.3, -0.25) is 9.10 Å². The van der Waals surface area contributed by atoms with Crippen LogP contribution in [-0.2, 0) is 27.7 Å². The normalized spacial score (nSPS) is 15.4. The molecule has 0 fully saturated rings. The molecule has 2 atom stereocenters. The van der Waals surface area contributed by atoms with Gasteiger partial charge in [-0.2, -0.15) is 0 Å². The van der Waals surface area contributed by atoms with Crippen LogP contribution in [0.15, 0.2) is 42.5 Å².